The van der Waals surface area contributed by atoms with Crippen molar-refractivity contribution in [2.24, 2.45) is 0 Å². The molecule has 0 saturated heterocycles. The molecule has 0 radical (unpaired) electrons. The lowest BCUT2D eigenvalue weighted by molar-refractivity contribution is 0.0245. The fourth-order valence-electron chi connectivity index (χ4n) is 0.385. The van der Waals surface area contributed by atoms with Crippen LogP contribution in [0.25, 0.3) is 0 Å². The van der Waals surface area contributed by atoms with Crippen LogP contribution in [-0.2, 0) is 13.8 Å². The number of hydrogen-bond donors (Lipinski definition) is 2. The lowest BCUT2D eigenvalue weighted by atomic mass is 10.7. The molecular weight excluding hydrogens is 201 g/mol. The minimum Gasteiger partial charge on any atom is -0.422 e. The van der Waals surface area contributed by atoms with Gasteiger partial charge in [0.25, 0.3) is 0 Å². The molecular formula is C5H12NO6P. The molecule has 0 aliphatic rings. The van der Waals surface area contributed by atoms with Gasteiger partial charge in [0.15, 0.2) is 0 Å². The van der Waals surface area contributed by atoms with E-state index in [1.165, 1.54) is 11.9 Å². The van der Waals surface area contributed by atoms with E-state index in [1.807, 2.05) is 0 Å². The minimum absolute atomic E-state index is 0.439. The van der Waals surface area contributed by atoms with Gasteiger partial charge in [0, 0.05) is 13.6 Å². The highest BCUT2D eigenvalue weighted by atomic mass is 31.2. The summed E-state index contributed by atoms with van der Waals surface area (Å²) in [6, 6.07) is 0. The number of amides is 1. The van der Waals surface area contributed by atoms with E-state index in [-0.39, 0.29) is 0 Å². The molecule has 0 atom stereocenters. The molecule has 0 aliphatic carbocycles. The number of carbonyl (C=O) groups excluding carboxylic acids is 1. The first-order valence-electron chi connectivity index (χ1n) is 3.44. The Hall–Kier alpha value is -0.620. The molecule has 1 amide bonds. The summed E-state index contributed by atoms with van der Waals surface area (Å²) in [7, 11) is -3.07. The second kappa shape index (κ2) is 5.18. The largest absolute Gasteiger partial charge is 0.472 e. The summed E-state index contributed by atoms with van der Waals surface area (Å²) < 4.78 is 18.4. The summed E-state index contributed by atoms with van der Waals surface area (Å²) in [5.74, 6) is 0. The maximum absolute atomic E-state index is 10.8. The lowest BCUT2D eigenvalue weighted by Crippen LogP contribution is -2.27. The topological polar surface area (TPSA) is 96.3 Å². The molecule has 0 aromatic rings. The van der Waals surface area contributed by atoms with Gasteiger partial charge in [0.05, 0.1) is 0 Å². The number of hydrogen-bond acceptors (Lipinski definition) is 4. The van der Waals surface area contributed by atoms with Crippen molar-refractivity contribution in [3.8, 4) is 0 Å². The van der Waals surface area contributed by atoms with E-state index < -0.39 is 20.7 Å². The monoisotopic (exact) mass is 213 g/mol. The van der Waals surface area contributed by atoms with Gasteiger partial charge in [0.1, 0.15) is 0 Å². The lowest BCUT2D eigenvalue weighted by Gasteiger charge is -2.14. The predicted molar refractivity (Wildman–Crippen MR) is 42.8 cm³/mol. The molecule has 0 aromatic heterocycles. The second-order valence-corrected chi connectivity index (χ2v) is 3.40. The quantitative estimate of drug-likeness (QED) is 0.509. The highest BCUT2D eigenvalue weighted by Crippen LogP contribution is 2.35. The third kappa shape index (κ3) is 6.53. The van der Waals surface area contributed by atoms with Crippen molar-refractivity contribution in [2.45, 2.75) is 6.92 Å². The summed E-state index contributed by atoms with van der Waals surface area (Å²) in [6.45, 7) is 1.41. The third-order valence-corrected chi connectivity index (χ3v) is 1.63. The van der Waals surface area contributed by atoms with Gasteiger partial charge in [-0.15, -0.1) is 0 Å². The van der Waals surface area contributed by atoms with Gasteiger partial charge in [-0.2, -0.15) is 0 Å². The Balaban J connectivity index is 3.66. The van der Waals surface area contributed by atoms with E-state index in [0.29, 0.717) is 6.54 Å². The van der Waals surface area contributed by atoms with E-state index in [9.17, 15) is 9.36 Å². The molecule has 2 N–H and O–H groups in total. The smallest absolute Gasteiger partial charge is 0.422 e. The number of nitrogens with zero attached hydrogens (tertiary/aromatic N) is 1. The Morgan fingerprint density at radius 1 is 1.54 bits per heavy atom. The van der Waals surface area contributed by atoms with E-state index in [1.54, 1.807) is 6.92 Å². The zero-order valence-electron chi connectivity index (χ0n) is 7.34. The van der Waals surface area contributed by atoms with Gasteiger partial charge in [-0.05, 0) is 6.92 Å². The molecule has 0 spiro atoms. The van der Waals surface area contributed by atoms with Crippen molar-refractivity contribution in [2.75, 3.05) is 20.4 Å². The van der Waals surface area contributed by atoms with Crippen LogP contribution in [0.3, 0.4) is 0 Å². The van der Waals surface area contributed by atoms with E-state index in [0.717, 1.165) is 0 Å². The number of phosphoric ester groups is 1. The van der Waals surface area contributed by atoms with E-state index in [2.05, 4.69) is 9.26 Å². The Morgan fingerprint density at radius 2 is 2.08 bits per heavy atom. The molecule has 0 bridgehead atoms. The first kappa shape index (κ1) is 12.4. The van der Waals surface area contributed by atoms with Crippen LogP contribution >= 0.6 is 7.82 Å². The Morgan fingerprint density at radius 3 is 2.46 bits per heavy atom. The third-order valence-electron chi connectivity index (χ3n) is 1.19. The van der Waals surface area contributed by atoms with Crippen molar-refractivity contribution in [3.63, 3.8) is 0 Å². The van der Waals surface area contributed by atoms with Crippen molar-refractivity contribution >= 4 is 13.9 Å². The summed E-state index contributed by atoms with van der Waals surface area (Å²) in [5, 5.41) is 0. The SMILES string of the molecule is CCN(C)C(=O)OCOP(=O)(O)O. The van der Waals surface area contributed by atoms with Crippen LogP contribution in [0.2, 0.25) is 0 Å². The molecule has 0 saturated carbocycles. The van der Waals surface area contributed by atoms with Crippen LogP contribution < -0.4 is 0 Å². The molecule has 0 rings (SSSR count). The number of phosphoric acid groups is 1. The van der Waals surface area contributed by atoms with Gasteiger partial charge < -0.3 is 19.4 Å². The average molecular weight is 213 g/mol. The van der Waals surface area contributed by atoms with Crippen molar-refractivity contribution < 1.29 is 28.4 Å². The van der Waals surface area contributed by atoms with Crippen LogP contribution in [-0.4, -0.2) is 41.2 Å². The summed E-state index contributed by atoms with van der Waals surface area (Å²) in [5.41, 5.74) is 0. The standard InChI is InChI=1S/C5H12NO6P/c1-3-6(2)5(7)11-4-12-13(8,9)10/h3-4H2,1-2H3,(H2,8,9,10). The highest BCUT2D eigenvalue weighted by Gasteiger charge is 2.15. The summed E-state index contributed by atoms with van der Waals surface area (Å²) in [4.78, 5) is 28.5. The molecule has 13 heavy (non-hydrogen) atoms. The van der Waals surface area contributed by atoms with Crippen LogP contribution in [0.4, 0.5) is 4.79 Å². The summed E-state index contributed by atoms with van der Waals surface area (Å²) >= 11 is 0. The first-order chi connectivity index (χ1) is 5.87. The number of rotatable bonds is 4. The molecule has 7 nitrogen and oxygen atoms in total. The van der Waals surface area contributed by atoms with Crippen LogP contribution in [0.5, 0.6) is 0 Å². The molecule has 78 valence electrons. The normalized spacial score (nSPS) is 11.1. The maximum Gasteiger partial charge on any atom is 0.472 e. The van der Waals surface area contributed by atoms with Crippen molar-refractivity contribution in [3.05, 3.63) is 0 Å². The molecule has 0 aromatic carbocycles. The van der Waals surface area contributed by atoms with Gasteiger partial charge in [-0.25, -0.2) is 13.9 Å². The molecule has 0 heterocycles. The van der Waals surface area contributed by atoms with Gasteiger partial charge >= 0.3 is 13.9 Å². The van der Waals surface area contributed by atoms with Crippen LogP contribution in [0.15, 0.2) is 0 Å². The van der Waals surface area contributed by atoms with E-state index >= 15 is 0 Å². The fraction of sp³-hybridized carbons (Fsp3) is 0.800. The Kier molecular flexibility index (Phi) is 4.94. The fourth-order valence-corrected chi connectivity index (χ4v) is 0.575. The molecule has 0 unspecified atom stereocenters. The highest BCUT2D eigenvalue weighted by molar-refractivity contribution is 7.46. The summed E-state index contributed by atoms with van der Waals surface area (Å²) in [6.07, 6.45) is -0.698. The number of carbonyl (C=O) groups is 1. The van der Waals surface area contributed by atoms with Crippen LogP contribution in [0, 0.1) is 0 Å². The van der Waals surface area contributed by atoms with Crippen molar-refractivity contribution in [1.29, 1.82) is 0 Å². The maximum atomic E-state index is 10.8. The average Bonchev–Trinajstić information content (AvgIpc) is 2.00. The molecule has 8 heteroatoms. The minimum atomic E-state index is -4.56. The number of ether oxygens (including phenoxy) is 1. The Labute approximate surface area is 75.5 Å². The van der Waals surface area contributed by atoms with Crippen LogP contribution in [0.1, 0.15) is 6.92 Å². The van der Waals surface area contributed by atoms with Gasteiger partial charge in [-0.3, -0.25) is 0 Å². The Bertz CT molecular complexity index is 213. The first-order valence-corrected chi connectivity index (χ1v) is 4.98. The van der Waals surface area contributed by atoms with Gasteiger partial charge in [-0.1, -0.05) is 0 Å². The zero-order valence-corrected chi connectivity index (χ0v) is 8.23. The molecule has 0 aliphatic heterocycles. The van der Waals surface area contributed by atoms with Crippen molar-refractivity contribution in [1.82, 2.24) is 4.90 Å². The molecule has 0 fully saturated rings. The predicted octanol–water partition coefficient (Wildman–Crippen LogP) is 0.141. The van der Waals surface area contributed by atoms with Gasteiger partial charge in [0.2, 0.25) is 6.79 Å². The van der Waals surface area contributed by atoms with E-state index in [4.69, 9.17) is 9.79 Å². The zero-order chi connectivity index (χ0) is 10.5. The second-order valence-electron chi connectivity index (χ2n) is 2.16.